The maximum Gasteiger partial charge on any atom is 0.353 e. The van der Waals surface area contributed by atoms with Crippen molar-refractivity contribution in [3.63, 3.8) is 0 Å². The van der Waals surface area contributed by atoms with Crippen LogP contribution in [0.1, 0.15) is 84.0 Å². The van der Waals surface area contributed by atoms with Gasteiger partial charge in [0, 0.05) is 6.42 Å². The monoisotopic (exact) mass is 623 g/mol. The normalized spacial score (nSPS) is 16.6. The zero-order chi connectivity index (χ0) is 29.4. The minimum absolute atomic E-state index is 0.258. The molecule has 3 rings (SSSR count). The van der Waals surface area contributed by atoms with Crippen molar-refractivity contribution in [1.82, 2.24) is 19.5 Å². The summed E-state index contributed by atoms with van der Waals surface area (Å²) in [7, 11) is -4.83. The number of fused-ring (bicyclic) bond motifs is 1. The van der Waals surface area contributed by atoms with Crippen molar-refractivity contribution < 1.29 is 18.7 Å². The van der Waals surface area contributed by atoms with Crippen LogP contribution in [-0.4, -0.2) is 63.1 Å². The summed E-state index contributed by atoms with van der Waals surface area (Å²) < 4.78 is 25.0. The third-order valence-corrected chi connectivity index (χ3v) is 13.5. The second-order valence-electron chi connectivity index (χ2n) is 11.5. The number of anilines is 1. The molecule has 0 saturated carbocycles. The van der Waals surface area contributed by atoms with Gasteiger partial charge in [-0.1, -0.05) is 57.9 Å². The van der Waals surface area contributed by atoms with Crippen molar-refractivity contribution in [2.75, 3.05) is 30.2 Å². The van der Waals surface area contributed by atoms with E-state index in [-0.39, 0.29) is 19.1 Å². The number of ether oxygens (including phenoxy) is 1. The lowest BCUT2D eigenvalue weighted by molar-refractivity contribution is 0.0718. The number of imidazole rings is 1. The Hall–Kier alpha value is -1.41. The molecule has 0 amide bonds. The molecule has 3 N–H and O–H groups in total. The van der Waals surface area contributed by atoms with E-state index in [2.05, 4.69) is 33.0 Å². The number of aromatic nitrogens is 4. The molecule has 0 bridgehead atoms. The number of nitrogens with two attached hydrogens (primary N) is 1. The van der Waals surface area contributed by atoms with Gasteiger partial charge in [-0.15, -0.1) is 11.5 Å². The molecule has 1 unspecified atom stereocenters. The molecule has 3 heterocycles. The first-order valence-corrected chi connectivity index (χ1v) is 21.2. The van der Waals surface area contributed by atoms with E-state index in [1.165, 1.54) is 82.6 Å². The van der Waals surface area contributed by atoms with Crippen LogP contribution in [0.3, 0.4) is 0 Å². The Labute approximate surface area is 251 Å². The van der Waals surface area contributed by atoms with Crippen molar-refractivity contribution in [2.45, 2.75) is 115 Å². The molecule has 41 heavy (non-hydrogen) atoms. The van der Waals surface area contributed by atoms with Gasteiger partial charge in [-0.25, -0.2) is 15.0 Å². The van der Waals surface area contributed by atoms with Gasteiger partial charge < -0.3 is 24.5 Å². The molecule has 2 aromatic heterocycles. The van der Waals surface area contributed by atoms with Gasteiger partial charge in [0.05, 0.1) is 25.6 Å². The SMILES string of the molecule is C[C@H](Cn1cnc2c(N)ncnc21)OCP(=O)(O)OCCCSCCCCCCCCCCCC#C[Si]1(C)CCC1. The average Bonchev–Trinajstić information content (AvgIpc) is 3.34. The number of nitrogen functional groups attached to an aromatic ring is 1. The Morgan fingerprint density at radius 3 is 2.46 bits per heavy atom. The minimum atomic E-state index is -3.79. The zero-order valence-electron chi connectivity index (χ0n) is 25.1. The highest BCUT2D eigenvalue weighted by Crippen LogP contribution is 2.42. The van der Waals surface area contributed by atoms with Gasteiger partial charge in [-0.05, 0) is 49.8 Å². The lowest BCUT2D eigenvalue weighted by Crippen LogP contribution is -2.36. The van der Waals surface area contributed by atoms with Gasteiger partial charge in [-0.2, -0.15) is 11.8 Å². The molecule has 2 atom stereocenters. The number of thioether (sulfide) groups is 1. The molecule has 0 aliphatic carbocycles. The van der Waals surface area contributed by atoms with E-state index in [1.807, 2.05) is 18.7 Å². The van der Waals surface area contributed by atoms with Gasteiger partial charge >= 0.3 is 7.60 Å². The van der Waals surface area contributed by atoms with Crippen molar-refractivity contribution in [1.29, 1.82) is 0 Å². The molecular weight excluding hydrogens is 573 g/mol. The van der Waals surface area contributed by atoms with Gasteiger partial charge in [0.1, 0.15) is 26.3 Å². The molecule has 2 aromatic rings. The van der Waals surface area contributed by atoms with Crippen molar-refractivity contribution in [2.24, 2.45) is 0 Å². The Morgan fingerprint density at radius 2 is 1.76 bits per heavy atom. The highest BCUT2D eigenvalue weighted by molar-refractivity contribution is 7.99. The van der Waals surface area contributed by atoms with Gasteiger partial charge in [0.15, 0.2) is 11.5 Å². The van der Waals surface area contributed by atoms with Crippen LogP contribution >= 0.6 is 19.4 Å². The molecule has 230 valence electrons. The summed E-state index contributed by atoms with van der Waals surface area (Å²) >= 11 is 1.89. The lowest BCUT2D eigenvalue weighted by atomic mass is 10.1. The summed E-state index contributed by atoms with van der Waals surface area (Å²) in [4.78, 5) is 22.5. The van der Waals surface area contributed by atoms with E-state index in [9.17, 15) is 9.46 Å². The number of rotatable bonds is 21. The maximum absolute atomic E-state index is 12.3. The first-order valence-electron chi connectivity index (χ1n) is 15.4. The van der Waals surface area contributed by atoms with Crippen LogP contribution in [0.25, 0.3) is 11.2 Å². The minimum Gasteiger partial charge on any atom is -0.382 e. The predicted octanol–water partition coefficient (Wildman–Crippen LogP) is 7.02. The van der Waals surface area contributed by atoms with Crippen LogP contribution in [0.5, 0.6) is 0 Å². The molecule has 0 radical (unpaired) electrons. The van der Waals surface area contributed by atoms with Crippen LogP contribution < -0.4 is 5.73 Å². The number of hydrogen-bond donors (Lipinski definition) is 2. The fraction of sp³-hybridized carbons (Fsp3) is 0.759. The molecule has 0 aromatic carbocycles. The standard InChI is InChI=1S/C29H50N5O4PSSi/c1-26(22-34-24-33-27-28(30)31-23-32-29(27)34)37-25-39(35,36)38-16-14-18-40-17-12-10-8-6-4-3-5-7-9-11-13-19-41(2)20-15-21-41/h23-24,26H,3-12,14-18,20-22,25H2,1-2H3,(H,35,36)(H2,30,31,32)/t26-/m1/s1. The predicted molar refractivity (Wildman–Crippen MR) is 173 cm³/mol. The highest BCUT2D eigenvalue weighted by Gasteiger charge is 2.32. The average molecular weight is 624 g/mol. The molecular formula is C29H50N5O4PSSi. The Bertz CT molecular complexity index is 1150. The summed E-state index contributed by atoms with van der Waals surface area (Å²) in [5.74, 6) is 5.85. The summed E-state index contributed by atoms with van der Waals surface area (Å²) in [6.45, 7) is 4.94. The van der Waals surface area contributed by atoms with Gasteiger partial charge in [-0.3, -0.25) is 4.57 Å². The highest BCUT2D eigenvalue weighted by atomic mass is 32.2. The zero-order valence-corrected chi connectivity index (χ0v) is 27.8. The smallest absolute Gasteiger partial charge is 0.353 e. The molecule has 0 spiro atoms. The first kappa shape index (κ1) is 34.1. The van der Waals surface area contributed by atoms with Crippen molar-refractivity contribution in [3.05, 3.63) is 12.7 Å². The number of unbranched alkanes of at least 4 members (excludes halogenated alkanes) is 9. The number of hydrogen-bond acceptors (Lipinski definition) is 8. The number of nitrogens with zero attached hydrogens (tertiary/aromatic N) is 4. The summed E-state index contributed by atoms with van der Waals surface area (Å²) in [5.41, 5.74) is 10.6. The topological polar surface area (TPSA) is 125 Å². The van der Waals surface area contributed by atoms with E-state index >= 15 is 0 Å². The molecule has 1 aliphatic rings. The Balaban J connectivity index is 1.08. The van der Waals surface area contributed by atoms with Gasteiger partial charge in [0.25, 0.3) is 0 Å². The van der Waals surface area contributed by atoms with Crippen LogP contribution in [0.2, 0.25) is 18.6 Å². The Morgan fingerprint density at radius 1 is 1.07 bits per heavy atom. The third kappa shape index (κ3) is 13.2. The van der Waals surface area contributed by atoms with Crippen LogP contribution in [0.15, 0.2) is 12.7 Å². The van der Waals surface area contributed by atoms with E-state index < -0.39 is 15.7 Å². The van der Waals surface area contributed by atoms with E-state index in [4.69, 9.17) is 15.0 Å². The second kappa shape index (κ2) is 18.3. The molecule has 1 fully saturated rings. The van der Waals surface area contributed by atoms with Crippen molar-refractivity contribution >= 4 is 44.4 Å². The van der Waals surface area contributed by atoms with E-state index in [1.54, 1.807) is 10.9 Å². The molecule has 1 saturated heterocycles. The van der Waals surface area contributed by atoms with Crippen LogP contribution in [0.4, 0.5) is 5.82 Å². The van der Waals surface area contributed by atoms with E-state index in [0.29, 0.717) is 23.5 Å². The summed E-state index contributed by atoms with van der Waals surface area (Å²) in [6, 6.07) is 2.86. The largest absolute Gasteiger partial charge is 0.382 e. The summed E-state index contributed by atoms with van der Waals surface area (Å²) in [6.07, 6.45) is 17.5. The van der Waals surface area contributed by atoms with Gasteiger partial charge in [0.2, 0.25) is 0 Å². The quantitative estimate of drug-likeness (QED) is 0.0653. The van der Waals surface area contributed by atoms with Crippen molar-refractivity contribution in [3.8, 4) is 11.5 Å². The molecule has 1 aliphatic heterocycles. The van der Waals surface area contributed by atoms with Crippen LogP contribution in [-0.2, 0) is 20.4 Å². The fourth-order valence-corrected chi connectivity index (χ4v) is 8.94. The third-order valence-electron chi connectivity index (χ3n) is 7.57. The van der Waals surface area contributed by atoms with E-state index in [0.717, 1.165) is 24.3 Å². The maximum atomic E-state index is 12.3. The lowest BCUT2D eigenvalue weighted by Gasteiger charge is -2.30. The van der Waals surface area contributed by atoms with Crippen LogP contribution in [0, 0.1) is 11.5 Å². The summed E-state index contributed by atoms with van der Waals surface area (Å²) in [5, 5.41) is 0. The second-order valence-corrected chi connectivity index (χ2v) is 18.9. The fourth-order valence-electron chi connectivity index (χ4n) is 4.85. The molecule has 9 nitrogen and oxygen atoms in total. The first-order chi connectivity index (χ1) is 19.8. The molecule has 12 heteroatoms. The Kier molecular flexibility index (Phi) is 15.2.